The molecule has 6 heteroatoms. The van der Waals surface area contributed by atoms with Gasteiger partial charge < -0.3 is 15.3 Å². The van der Waals surface area contributed by atoms with Crippen molar-refractivity contribution in [2.24, 2.45) is 5.41 Å². The predicted octanol–water partition coefficient (Wildman–Crippen LogP) is -0.0217. The molecule has 0 spiro atoms. The van der Waals surface area contributed by atoms with Gasteiger partial charge in [-0.05, 0) is 25.7 Å². The van der Waals surface area contributed by atoms with Gasteiger partial charge in [0, 0.05) is 26.1 Å². The zero-order chi connectivity index (χ0) is 13.3. The largest absolute Gasteiger partial charge is 0.480 e. The molecule has 0 aromatic carbocycles. The van der Waals surface area contributed by atoms with Gasteiger partial charge in [-0.2, -0.15) is 0 Å². The van der Waals surface area contributed by atoms with Gasteiger partial charge in [0.15, 0.2) is 0 Å². The van der Waals surface area contributed by atoms with Gasteiger partial charge in [0.05, 0.1) is 0 Å². The summed E-state index contributed by atoms with van der Waals surface area (Å²) >= 11 is 0. The van der Waals surface area contributed by atoms with Crippen LogP contribution in [0.2, 0.25) is 0 Å². The second-order valence-corrected chi connectivity index (χ2v) is 5.18. The van der Waals surface area contributed by atoms with Crippen LogP contribution in [0.3, 0.4) is 0 Å². The van der Waals surface area contributed by atoms with Crippen molar-refractivity contribution in [3.05, 3.63) is 0 Å². The number of carbonyl (C=O) groups is 3. The molecule has 18 heavy (non-hydrogen) atoms. The van der Waals surface area contributed by atoms with Crippen LogP contribution in [0.25, 0.3) is 0 Å². The Morgan fingerprint density at radius 2 is 2.00 bits per heavy atom. The highest BCUT2D eigenvalue weighted by molar-refractivity contribution is 6.04. The van der Waals surface area contributed by atoms with E-state index in [2.05, 4.69) is 5.32 Å². The molecule has 1 aliphatic carbocycles. The van der Waals surface area contributed by atoms with Gasteiger partial charge in [-0.3, -0.25) is 14.4 Å². The molecule has 0 radical (unpaired) electrons. The fourth-order valence-corrected chi connectivity index (χ4v) is 2.51. The van der Waals surface area contributed by atoms with Crippen LogP contribution in [-0.4, -0.2) is 46.9 Å². The van der Waals surface area contributed by atoms with Crippen molar-refractivity contribution in [2.75, 3.05) is 13.1 Å². The van der Waals surface area contributed by atoms with Crippen molar-refractivity contribution >= 4 is 17.8 Å². The first kappa shape index (κ1) is 12.9. The number of hydrogen-bond donors (Lipinski definition) is 2. The number of aliphatic carboxylic acids is 1. The standard InChI is InChI=1S/C12H18N2O4/c1-8(15)13-9-3-2-6-14(7-9)10(16)12(4-5-12)11(17)18/h9H,2-7H2,1H3,(H,13,15)(H,17,18)/t9-/m0/s1. The van der Waals surface area contributed by atoms with Crippen molar-refractivity contribution in [2.45, 2.75) is 38.6 Å². The van der Waals surface area contributed by atoms with Crippen molar-refractivity contribution in [1.29, 1.82) is 0 Å². The number of piperidine rings is 1. The molecule has 0 unspecified atom stereocenters. The first-order chi connectivity index (χ1) is 8.45. The Balaban J connectivity index is 1.99. The quantitative estimate of drug-likeness (QED) is 0.693. The summed E-state index contributed by atoms with van der Waals surface area (Å²) in [4.78, 5) is 35.9. The molecule has 2 amide bonds. The maximum Gasteiger partial charge on any atom is 0.319 e. The highest BCUT2D eigenvalue weighted by Gasteiger charge is 2.58. The van der Waals surface area contributed by atoms with E-state index in [1.807, 2.05) is 0 Å². The molecule has 100 valence electrons. The van der Waals surface area contributed by atoms with E-state index in [9.17, 15) is 14.4 Å². The zero-order valence-electron chi connectivity index (χ0n) is 10.4. The van der Waals surface area contributed by atoms with Gasteiger partial charge >= 0.3 is 5.97 Å². The Bertz CT molecular complexity index is 390. The van der Waals surface area contributed by atoms with E-state index in [1.54, 1.807) is 4.90 Å². The molecule has 2 aliphatic rings. The van der Waals surface area contributed by atoms with E-state index in [0.717, 1.165) is 12.8 Å². The van der Waals surface area contributed by atoms with E-state index >= 15 is 0 Å². The first-order valence-corrected chi connectivity index (χ1v) is 6.25. The molecule has 1 atom stereocenters. The Morgan fingerprint density at radius 3 is 2.50 bits per heavy atom. The number of nitrogens with zero attached hydrogens (tertiary/aromatic N) is 1. The molecule has 0 aromatic rings. The highest BCUT2D eigenvalue weighted by atomic mass is 16.4. The smallest absolute Gasteiger partial charge is 0.319 e. The minimum absolute atomic E-state index is 0.0511. The van der Waals surface area contributed by atoms with Crippen molar-refractivity contribution < 1.29 is 19.5 Å². The third kappa shape index (κ3) is 2.32. The number of nitrogens with one attached hydrogen (secondary N) is 1. The van der Waals surface area contributed by atoms with Crippen LogP contribution < -0.4 is 5.32 Å². The highest BCUT2D eigenvalue weighted by Crippen LogP contribution is 2.47. The molecule has 2 N–H and O–H groups in total. The molecule has 1 aliphatic heterocycles. The van der Waals surface area contributed by atoms with Gasteiger partial charge in [0.25, 0.3) is 0 Å². The Morgan fingerprint density at radius 1 is 1.33 bits per heavy atom. The van der Waals surface area contributed by atoms with Crippen LogP contribution in [0.4, 0.5) is 0 Å². The number of hydrogen-bond acceptors (Lipinski definition) is 3. The van der Waals surface area contributed by atoms with Crippen LogP contribution in [0.1, 0.15) is 32.6 Å². The lowest BCUT2D eigenvalue weighted by Gasteiger charge is -2.34. The second kappa shape index (κ2) is 4.59. The molecule has 1 heterocycles. The van der Waals surface area contributed by atoms with Crippen molar-refractivity contribution in [1.82, 2.24) is 10.2 Å². The number of carboxylic acid groups (broad SMARTS) is 1. The van der Waals surface area contributed by atoms with Crippen molar-refractivity contribution in [3.8, 4) is 0 Å². The predicted molar refractivity (Wildman–Crippen MR) is 62.7 cm³/mol. The van der Waals surface area contributed by atoms with Crippen LogP contribution in [0.15, 0.2) is 0 Å². The average Bonchev–Trinajstić information content (AvgIpc) is 3.08. The first-order valence-electron chi connectivity index (χ1n) is 6.25. The fraction of sp³-hybridized carbons (Fsp3) is 0.750. The lowest BCUT2D eigenvalue weighted by atomic mass is 10.0. The number of rotatable bonds is 3. The minimum atomic E-state index is -1.17. The van der Waals surface area contributed by atoms with E-state index in [0.29, 0.717) is 25.9 Å². The average molecular weight is 254 g/mol. The topological polar surface area (TPSA) is 86.7 Å². The molecular weight excluding hydrogens is 236 g/mol. The molecule has 1 saturated carbocycles. The third-order valence-electron chi connectivity index (χ3n) is 3.68. The minimum Gasteiger partial charge on any atom is -0.480 e. The summed E-state index contributed by atoms with van der Waals surface area (Å²) in [5.74, 6) is -1.42. The SMILES string of the molecule is CC(=O)N[C@H]1CCCN(C(=O)C2(C(=O)O)CC2)C1. The maximum absolute atomic E-state index is 12.2. The summed E-state index contributed by atoms with van der Waals surface area (Å²) in [6, 6.07) is -0.0511. The molecule has 0 bridgehead atoms. The number of carbonyl (C=O) groups excluding carboxylic acids is 2. The summed E-state index contributed by atoms with van der Waals surface area (Å²) < 4.78 is 0. The summed E-state index contributed by atoms with van der Waals surface area (Å²) in [6.07, 6.45) is 2.50. The molecule has 2 fully saturated rings. The molecule has 6 nitrogen and oxygen atoms in total. The van der Waals surface area contributed by atoms with Crippen LogP contribution >= 0.6 is 0 Å². The fourth-order valence-electron chi connectivity index (χ4n) is 2.51. The number of likely N-dealkylation sites (tertiary alicyclic amines) is 1. The third-order valence-corrected chi connectivity index (χ3v) is 3.68. The number of carboxylic acids is 1. The normalized spacial score (nSPS) is 25.4. The van der Waals surface area contributed by atoms with Gasteiger partial charge in [-0.25, -0.2) is 0 Å². The summed E-state index contributed by atoms with van der Waals surface area (Å²) in [5, 5.41) is 11.9. The van der Waals surface area contributed by atoms with E-state index < -0.39 is 11.4 Å². The van der Waals surface area contributed by atoms with Gasteiger partial charge in [-0.1, -0.05) is 0 Å². The van der Waals surface area contributed by atoms with E-state index in [-0.39, 0.29) is 17.9 Å². The van der Waals surface area contributed by atoms with Crippen molar-refractivity contribution in [3.63, 3.8) is 0 Å². The van der Waals surface area contributed by atoms with Gasteiger partial charge in [0.2, 0.25) is 11.8 Å². The zero-order valence-corrected chi connectivity index (χ0v) is 10.4. The molecular formula is C12H18N2O4. The Hall–Kier alpha value is -1.59. The van der Waals surface area contributed by atoms with E-state index in [4.69, 9.17) is 5.11 Å². The van der Waals surface area contributed by atoms with Gasteiger partial charge in [0.1, 0.15) is 5.41 Å². The van der Waals surface area contributed by atoms with E-state index in [1.165, 1.54) is 6.92 Å². The molecule has 1 saturated heterocycles. The maximum atomic E-state index is 12.2. The van der Waals surface area contributed by atoms with Crippen LogP contribution in [-0.2, 0) is 14.4 Å². The Labute approximate surface area is 105 Å². The summed E-state index contributed by atoms with van der Waals surface area (Å²) in [6.45, 7) is 2.46. The van der Waals surface area contributed by atoms with Crippen LogP contribution in [0, 0.1) is 5.41 Å². The number of amides is 2. The Kier molecular flexibility index (Phi) is 3.28. The summed E-state index contributed by atoms with van der Waals surface area (Å²) in [7, 11) is 0. The van der Waals surface area contributed by atoms with Gasteiger partial charge in [-0.15, -0.1) is 0 Å². The second-order valence-electron chi connectivity index (χ2n) is 5.18. The monoisotopic (exact) mass is 254 g/mol. The lowest BCUT2D eigenvalue weighted by Crippen LogP contribution is -2.52. The summed E-state index contributed by atoms with van der Waals surface area (Å²) in [5.41, 5.74) is -1.17. The molecule has 0 aromatic heterocycles. The van der Waals surface area contributed by atoms with Crippen LogP contribution in [0.5, 0.6) is 0 Å². The lowest BCUT2D eigenvalue weighted by molar-refractivity contribution is -0.154. The molecule has 2 rings (SSSR count).